The summed E-state index contributed by atoms with van der Waals surface area (Å²) < 4.78 is 18.1. The number of nitrogens with one attached hydrogen (secondary N) is 1. The van der Waals surface area contributed by atoms with E-state index in [-0.39, 0.29) is 18.0 Å². The number of anilines is 2. The average molecular weight is 455 g/mol. The third kappa shape index (κ3) is 3.72. The zero-order valence-electron chi connectivity index (χ0n) is 18.2. The molecule has 4 heterocycles. The number of hydrogen-bond acceptors (Lipinski definition) is 8. The smallest absolute Gasteiger partial charge is 0.163 e. The summed E-state index contributed by atoms with van der Waals surface area (Å²) in [5.74, 6) is 0.746. The maximum Gasteiger partial charge on any atom is 0.163 e. The minimum absolute atomic E-state index is 0.219. The van der Waals surface area contributed by atoms with Crippen LogP contribution in [0.5, 0.6) is 0 Å². The van der Waals surface area contributed by atoms with Gasteiger partial charge in [0.1, 0.15) is 24.0 Å². The molecule has 1 aromatic carbocycles. The lowest BCUT2D eigenvalue weighted by molar-refractivity contribution is 0.280. The van der Waals surface area contributed by atoms with Crippen LogP contribution in [-0.4, -0.2) is 39.6 Å². The lowest BCUT2D eigenvalue weighted by atomic mass is 10.2. The van der Waals surface area contributed by atoms with Gasteiger partial charge in [0.25, 0.3) is 0 Å². The summed E-state index contributed by atoms with van der Waals surface area (Å²) in [6.07, 6.45) is 1.54. The highest BCUT2D eigenvalue weighted by molar-refractivity contribution is 5.82. The molecule has 0 saturated carbocycles. The number of aliphatic hydroxyl groups excluding tert-OH is 1. The highest BCUT2D eigenvalue weighted by atomic mass is 19.1. The van der Waals surface area contributed by atoms with E-state index >= 15 is 0 Å². The molecule has 0 saturated heterocycles. The van der Waals surface area contributed by atoms with Crippen molar-refractivity contribution in [3.05, 3.63) is 77.3 Å². The first kappa shape index (κ1) is 21.2. The van der Waals surface area contributed by atoms with Gasteiger partial charge in [0, 0.05) is 17.3 Å². The number of fused-ring (bicyclic) bond motifs is 1. The van der Waals surface area contributed by atoms with Gasteiger partial charge in [-0.2, -0.15) is 15.5 Å². The van der Waals surface area contributed by atoms with Gasteiger partial charge in [-0.05, 0) is 50.2 Å². The van der Waals surface area contributed by atoms with Crippen LogP contribution in [0.2, 0.25) is 0 Å². The van der Waals surface area contributed by atoms with Gasteiger partial charge in [-0.15, -0.1) is 5.10 Å². The SMILES string of the molecule is Cc1ccc(Nc2cc3ncn(-c4ccc(CO)c(-n5nc(C#N)cc5C)n4)c3cc2F)nn1. The summed E-state index contributed by atoms with van der Waals surface area (Å²) in [5.41, 5.74) is 3.48. The molecule has 0 atom stereocenters. The molecule has 4 aromatic heterocycles. The van der Waals surface area contributed by atoms with Crippen LogP contribution in [0.25, 0.3) is 22.7 Å². The number of pyridine rings is 1. The molecule has 0 aliphatic carbocycles. The van der Waals surface area contributed by atoms with Crippen molar-refractivity contribution in [2.24, 2.45) is 0 Å². The second-order valence-corrected chi connectivity index (χ2v) is 7.63. The summed E-state index contributed by atoms with van der Waals surface area (Å²) in [4.78, 5) is 9.04. The van der Waals surface area contributed by atoms with E-state index < -0.39 is 5.82 Å². The van der Waals surface area contributed by atoms with E-state index in [9.17, 15) is 9.50 Å². The number of hydrogen-bond donors (Lipinski definition) is 2. The quantitative estimate of drug-likeness (QED) is 0.413. The fraction of sp³-hybridized carbons (Fsp3) is 0.130. The molecule has 0 aliphatic heterocycles. The molecule has 0 amide bonds. The van der Waals surface area contributed by atoms with Crippen LogP contribution in [0.3, 0.4) is 0 Å². The monoisotopic (exact) mass is 455 g/mol. The van der Waals surface area contributed by atoms with Gasteiger partial charge in [0.2, 0.25) is 0 Å². The van der Waals surface area contributed by atoms with Crippen molar-refractivity contribution in [2.45, 2.75) is 20.5 Å². The summed E-state index contributed by atoms with van der Waals surface area (Å²) >= 11 is 0. The Hall–Kier alpha value is -4.69. The van der Waals surface area contributed by atoms with Gasteiger partial charge >= 0.3 is 0 Å². The molecule has 0 aliphatic rings. The van der Waals surface area contributed by atoms with Gasteiger partial charge in [0.05, 0.1) is 29.0 Å². The highest BCUT2D eigenvalue weighted by Gasteiger charge is 2.16. The van der Waals surface area contributed by atoms with Gasteiger partial charge in [-0.3, -0.25) is 4.57 Å². The van der Waals surface area contributed by atoms with Crippen LogP contribution < -0.4 is 5.32 Å². The zero-order chi connectivity index (χ0) is 23.8. The number of aliphatic hydroxyl groups is 1. The van der Waals surface area contributed by atoms with Gasteiger partial charge in [-0.25, -0.2) is 19.0 Å². The molecule has 0 bridgehead atoms. The molecule has 0 fully saturated rings. The number of halogens is 1. The molecule has 5 rings (SSSR count). The first-order valence-electron chi connectivity index (χ1n) is 10.3. The largest absolute Gasteiger partial charge is 0.392 e. The maximum absolute atomic E-state index is 15.0. The third-order valence-electron chi connectivity index (χ3n) is 5.26. The number of imidazole rings is 1. The first-order chi connectivity index (χ1) is 16.5. The number of aromatic nitrogens is 7. The number of benzene rings is 1. The Morgan fingerprint density at radius 2 is 1.97 bits per heavy atom. The van der Waals surface area contributed by atoms with Crippen molar-refractivity contribution in [1.82, 2.24) is 34.5 Å². The van der Waals surface area contributed by atoms with Crippen LogP contribution in [-0.2, 0) is 6.61 Å². The number of aryl methyl sites for hydroxylation is 2. The molecule has 2 N–H and O–H groups in total. The lowest BCUT2D eigenvalue weighted by Gasteiger charge is -2.12. The van der Waals surface area contributed by atoms with Crippen LogP contribution in [0, 0.1) is 31.0 Å². The Morgan fingerprint density at radius 1 is 1.12 bits per heavy atom. The molecule has 0 unspecified atom stereocenters. The second kappa shape index (κ2) is 8.34. The predicted octanol–water partition coefficient (Wildman–Crippen LogP) is 3.26. The molecular weight excluding hydrogens is 437 g/mol. The minimum atomic E-state index is -0.495. The number of nitriles is 1. The van der Waals surface area contributed by atoms with Gasteiger partial charge in [0.15, 0.2) is 17.3 Å². The number of nitrogens with zero attached hydrogens (tertiary/aromatic N) is 8. The van der Waals surface area contributed by atoms with Crippen molar-refractivity contribution >= 4 is 22.5 Å². The summed E-state index contributed by atoms with van der Waals surface area (Å²) in [5, 5.41) is 34.1. The van der Waals surface area contributed by atoms with Crippen LogP contribution in [0.15, 0.2) is 48.8 Å². The standard InChI is InChI=1S/C23H18FN9O/c1-13-3-5-21(30-29-13)27-18-9-19-20(8-17(18)24)32(12-26-19)22-6-4-15(11-34)23(28-22)33-14(2)7-16(10-25)31-33/h3-9,12,34H,11H2,1-2H3,(H,27,30). The summed E-state index contributed by atoms with van der Waals surface area (Å²) in [6, 6.07) is 13.5. The highest BCUT2D eigenvalue weighted by Crippen LogP contribution is 2.27. The van der Waals surface area contributed by atoms with E-state index in [4.69, 9.17) is 5.26 Å². The topological polar surface area (TPSA) is 130 Å². The van der Waals surface area contributed by atoms with E-state index in [0.717, 1.165) is 5.69 Å². The maximum atomic E-state index is 15.0. The number of rotatable bonds is 5. The van der Waals surface area contributed by atoms with Crippen molar-refractivity contribution < 1.29 is 9.50 Å². The molecule has 0 radical (unpaired) electrons. The molecule has 11 heteroatoms. The molecule has 5 aromatic rings. The molecule has 10 nitrogen and oxygen atoms in total. The normalized spacial score (nSPS) is 11.0. The first-order valence-corrected chi connectivity index (χ1v) is 10.3. The second-order valence-electron chi connectivity index (χ2n) is 7.63. The van der Waals surface area contributed by atoms with Crippen LogP contribution in [0.4, 0.5) is 15.9 Å². The predicted molar refractivity (Wildman–Crippen MR) is 121 cm³/mol. The third-order valence-corrected chi connectivity index (χ3v) is 5.26. The Balaban J connectivity index is 1.57. The fourth-order valence-electron chi connectivity index (χ4n) is 3.56. The van der Waals surface area contributed by atoms with Crippen molar-refractivity contribution in [1.29, 1.82) is 5.26 Å². The van der Waals surface area contributed by atoms with Crippen molar-refractivity contribution in [3.63, 3.8) is 0 Å². The minimum Gasteiger partial charge on any atom is -0.392 e. The Morgan fingerprint density at radius 3 is 2.68 bits per heavy atom. The molecule has 34 heavy (non-hydrogen) atoms. The van der Waals surface area contributed by atoms with E-state index in [1.54, 1.807) is 54.2 Å². The van der Waals surface area contributed by atoms with Crippen molar-refractivity contribution in [3.8, 4) is 17.7 Å². The Kier molecular flexibility index (Phi) is 5.19. The van der Waals surface area contributed by atoms with Gasteiger partial charge < -0.3 is 10.4 Å². The zero-order valence-corrected chi connectivity index (χ0v) is 18.2. The fourth-order valence-corrected chi connectivity index (χ4v) is 3.56. The van der Waals surface area contributed by atoms with Crippen LogP contribution >= 0.6 is 0 Å². The lowest BCUT2D eigenvalue weighted by Crippen LogP contribution is -2.09. The Labute approximate surface area is 193 Å². The average Bonchev–Trinajstić information content (AvgIpc) is 3.43. The van der Waals surface area contributed by atoms with E-state index in [2.05, 4.69) is 30.6 Å². The van der Waals surface area contributed by atoms with E-state index in [1.807, 2.05) is 13.0 Å². The Bertz CT molecular complexity index is 1560. The van der Waals surface area contributed by atoms with Gasteiger partial charge in [-0.1, -0.05) is 0 Å². The molecule has 168 valence electrons. The van der Waals surface area contributed by atoms with E-state index in [0.29, 0.717) is 39.7 Å². The van der Waals surface area contributed by atoms with Crippen LogP contribution in [0.1, 0.15) is 22.6 Å². The molecule has 0 spiro atoms. The van der Waals surface area contributed by atoms with Crippen molar-refractivity contribution in [2.75, 3.05) is 5.32 Å². The van der Waals surface area contributed by atoms with E-state index in [1.165, 1.54) is 10.7 Å². The summed E-state index contributed by atoms with van der Waals surface area (Å²) in [6.45, 7) is 3.34. The molecular formula is C23H18FN9O. The summed E-state index contributed by atoms with van der Waals surface area (Å²) in [7, 11) is 0.